The average molecular weight is 303 g/mol. The van der Waals surface area contributed by atoms with E-state index in [0.29, 0.717) is 12.1 Å². The third-order valence-electron chi connectivity index (χ3n) is 4.83. The number of benzene rings is 1. The fourth-order valence-corrected chi connectivity index (χ4v) is 3.48. The molecule has 1 aromatic rings. The van der Waals surface area contributed by atoms with Gasteiger partial charge in [0.15, 0.2) is 0 Å². The minimum atomic E-state index is 0.415. The molecule has 3 rings (SSSR count). The van der Waals surface area contributed by atoms with Crippen molar-refractivity contribution in [3.05, 3.63) is 24.3 Å². The van der Waals surface area contributed by atoms with E-state index >= 15 is 0 Å². The molecule has 1 heterocycles. The molecule has 0 amide bonds. The van der Waals surface area contributed by atoms with Crippen molar-refractivity contribution in [1.82, 2.24) is 5.32 Å². The minimum absolute atomic E-state index is 0.415. The largest absolute Gasteiger partial charge is 0.494 e. The van der Waals surface area contributed by atoms with Crippen molar-refractivity contribution in [2.24, 2.45) is 0 Å². The Morgan fingerprint density at radius 3 is 2.32 bits per heavy atom. The monoisotopic (exact) mass is 303 g/mol. The summed E-state index contributed by atoms with van der Waals surface area (Å²) in [7, 11) is 0. The van der Waals surface area contributed by atoms with Crippen LogP contribution < -0.4 is 14.8 Å². The molecular weight excluding hydrogens is 274 g/mol. The van der Waals surface area contributed by atoms with E-state index in [1.165, 1.54) is 51.4 Å². The van der Waals surface area contributed by atoms with Gasteiger partial charge in [0.1, 0.15) is 11.5 Å². The molecule has 22 heavy (non-hydrogen) atoms. The summed E-state index contributed by atoms with van der Waals surface area (Å²) in [5.41, 5.74) is 0. The van der Waals surface area contributed by atoms with Crippen molar-refractivity contribution < 1.29 is 9.47 Å². The number of nitrogens with one attached hydrogen (secondary N) is 1. The summed E-state index contributed by atoms with van der Waals surface area (Å²) in [6.45, 7) is 1.96. The van der Waals surface area contributed by atoms with Gasteiger partial charge in [0.25, 0.3) is 0 Å². The van der Waals surface area contributed by atoms with Crippen LogP contribution in [0, 0.1) is 0 Å². The normalized spacial score (nSPS) is 23.2. The van der Waals surface area contributed by atoms with E-state index < -0.39 is 0 Å². The Labute approximate surface area is 134 Å². The molecule has 3 heteroatoms. The molecule has 1 aromatic carbocycles. The van der Waals surface area contributed by atoms with Crippen molar-refractivity contribution >= 4 is 0 Å². The highest BCUT2D eigenvalue weighted by atomic mass is 16.5. The van der Waals surface area contributed by atoms with Gasteiger partial charge in [0.2, 0.25) is 0 Å². The standard InChI is InChI=1S/C19H29NO2/c1-2-7-18(8-3-1)22-19-11-9-17(10-12-19)21-15-13-16-6-4-5-14-20-16/h9-12,16,18,20H,1-8,13-15H2. The third kappa shape index (κ3) is 4.91. The van der Waals surface area contributed by atoms with E-state index in [1.807, 2.05) is 24.3 Å². The summed E-state index contributed by atoms with van der Waals surface area (Å²) in [5.74, 6) is 1.93. The van der Waals surface area contributed by atoms with Crippen molar-refractivity contribution in [3.63, 3.8) is 0 Å². The molecule has 0 spiro atoms. The van der Waals surface area contributed by atoms with E-state index in [9.17, 15) is 0 Å². The molecule has 122 valence electrons. The quantitative estimate of drug-likeness (QED) is 0.849. The van der Waals surface area contributed by atoms with Gasteiger partial charge >= 0.3 is 0 Å². The van der Waals surface area contributed by atoms with Crippen LogP contribution in [0.4, 0.5) is 0 Å². The predicted molar refractivity (Wildman–Crippen MR) is 89.7 cm³/mol. The molecule has 1 aliphatic heterocycles. The summed E-state index contributed by atoms with van der Waals surface area (Å²) in [6, 6.07) is 8.80. The first-order valence-electron chi connectivity index (χ1n) is 9.03. The van der Waals surface area contributed by atoms with Crippen molar-refractivity contribution in [2.75, 3.05) is 13.2 Å². The highest BCUT2D eigenvalue weighted by Crippen LogP contribution is 2.25. The van der Waals surface area contributed by atoms with E-state index in [1.54, 1.807) is 0 Å². The van der Waals surface area contributed by atoms with Crippen molar-refractivity contribution in [1.29, 1.82) is 0 Å². The number of piperidine rings is 1. The molecule has 1 unspecified atom stereocenters. The van der Waals surface area contributed by atoms with Crippen LogP contribution in [-0.2, 0) is 0 Å². The van der Waals surface area contributed by atoms with Crippen molar-refractivity contribution in [2.45, 2.75) is 69.9 Å². The Morgan fingerprint density at radius 1 is 0.864 bits per heavy atom. The molecule has 1 saturated carbocycles. The maximum absolute atomic E-state index is 6.04. The van der Waals surface area contributed by atoms with Crippen LogP contribution in [-0.4, -0.2) is 25.3 Å². The van der Waals surface area contributed by atoms with Gasteiger partial charge < -0.3 is 14.8 Å². The van der Waals surface area contributed by atoms with Gasteiger partial charge in [0, 0.05) is 6.04 Å². The summed E-state index contributed by atoms with van der Waals surface area (Å²) in [6.07, 6.45) is 11.9. The third-order valence-corrected chi connectivity index (χ3v) is 4.83. The van der Waals surface area contributed by atoms with Gasteiger partial charge in [-0.15, -0.1) is 0 Å². The summed E-state index contributed by atoms with van der Waals surface area (Å²) in [4.78, 5) is 0. The summed E-state index contributed by atoms with van der Waals surface area (Å²) >= 11 is 0. The zero-order chi connectivity index (χ0) is 15.0. The minimum Gasteiger partial charge on any atom is -0.494 e. The van der Waals surface area contributed by atoms with Crippen LogP contribution in [0.2, 0.25) is 0 Å². The van der Waals surface area contributed by atoms with Crippen LogP contribution in [0.3, 0.4) is 0 Å². The first-order chi connectivity index (χ1) is 10.9. The first-order valence-corrected chi connectivity index (χ1v) is 9.03. The number of ether oxygens (including phenoxy) is 2. The number of hydrogen-bond donors (Lipinski definition) is 1. The Kier molecular flexibility index (Phi) is 6.00. The van der Waals surface area contributed by atoms with Gasteiger partial charge in [-0.2, -0.15) is 0 Å². The van der Waals surface area contributed by atoms with Crippen LogP contribution in [0.1, 0.15) is 57.8 Å². The fourth-order valence-electron chi connectivity index (χ4n) is 3.48. The highest BCUT2D eigenvalue weighted by Gasteiger charge is 2.15. The molecule has 2 aliphatic rings. The number of rotatable bonds is 6. The smallest absolute Gasteiger partial charge is 0.119 e. The van der Waals surface area contributed by atoms with Gasteiger partial charge in [-0.25, -0.2) is 0 Å². The lowest BCUT2D eigenvalue weighted by molar-refractivity contribution is 0.155. The topological polar surface area (TPSA) is 30.5 Å². The van der Waals surface area contributed by atoms with Crippen LogP contribution in [0.15, 0.2) is 24.3 Å². The Hall–Kier alpha value is -1.22. The molecule has 3 nitrogen and oxygen atoms in total. The van der Waals surface area contributed by atoms with Crippen LogP contribution in [0.25, 0.3) is 0 Å². The second-order valence-corrected chi connectivity index (χ2v) is 6.63. The average Bonchev–Trinajstić information content (AvgIpc) is 2.58. The second kappa shape index (κ2) is 8.42. The molecule has 0 aromatic heterocycles. The first kappa shape index (κ1) is 15.7. The lowest BCUT2D eigenvalue weighted by Crippen LogP contribution is -2.35. The molecule has 0 bridgehead atoms. The van der Waals surface area contributed by atoms with Gasteiger partial charge in [-0.05, 0) is 75.8 Å². The summed E-state index contributed by atoms with van der Waals surface area (Å²) < 4.78 is 11.9. The zero-order valence-corrected chi connectivity index (χ0v) is 13.6. The Morgan fingerprint density at radius 2 is 1.59 bits per heavy atom. The van der Waals surface area contributed by atoms with Crippen molar-refractivity contribution in [3.8, 4) is 11.5 Å². The molecule has 1 N–H and O–H groups in total. The van der Waals surface area contributed by atoms with Crippen LogP contribution in [0.5, 0.6) is 11.5 Å². The lowest BCUT2D eigenvalue weighted by Gasteiger charge is -2.23. The highest BCUT2D eigenvalue weighted by molar-refractivity contribution is 5.31. The van der Waals surface area contributed by atoms with E-state index in [0.717, 1.165) is 31.1 Å². The maximum atomic E-state index is 6.04. The molecule has 2 fully saturated rings. The number of hydrogen-bond acceptors (Lipinski definition) is 3. The van der Waals surface area contributed by atoms with E-state index in [-0.39, 0.29) is 0 Å². The zero-order valence-electron chi connectivity index (χ0n) is 13.6. The molecule has 0 radical (unpaired) electrons. The van der Waals surface area contributed by atoms with Gasteiger partial charge in [-0.3, -0.25) is 0 Å². The fraction of sp³-hybridized carbons (Fsp3) is 0.684. The SMILES string of the molecule is c1cc(OC2CCCCC2)ccc1OCCC1CCCCN1. The van der Waals surface area contributed by atoms with Gasteiger partial charge in [-0.1, -0.05) is 12.8 Å². The molecule has 1 atom stereocenters. The van der Waals surface area contributed by atoms with E-state index in [2.05, 4.69) is 5.32 Å². The Bertz CT molecular complexity index is 420. The Balaban J connectivity index is 1.39. The lowest BCUT2D eigenvalue weighted by atomic mass is 9.98. The predicted octanol–water partition coefficient (Wildman–Crippen LogP) is 4.31. The van der Waals surface area contributed by atoms with Crippen LogP contribution >= 0.6 is 0 Å². The molecular formula is C19H29NO2. The van der Waals surface area contributed by atoms with E-state index in [4.69, 9.17) is 9.47 Å². The second-order valence-electron chi connectivity index (χ2n) is 6.63. The summed E-state index contributed by atoms with van der Waals surface area (Å²) in [5, 5.41) is 3.56. The molecule has 1 aliphatic carbocycles. The molecule has 1 saturated heterocycles. The van der Waals surface area contributed by atoms with Gasteiger partial charge in [0.05, 0.1) is 12.7 Å². The maximum Gasteiger partial charge on any atom is 0.119 e.